The number of sulfonamides is 1. The van der Waals surface area contributed by atoms with Crippen molar-refractivity contribution in [3.05, 3.63) is 18.2 Å². The van der Waals surface area contributed by atoms with Crippen LogP contribution in [-0.4, -0.2) is 40.2 Å². The Bertz CT molecular complexity index is 668. The predicted molar refractivity (Wildman–Crippen MR) is 79.3 cm³/mol. The van der Waals surface area contributed by atoms with Crippen molar-refractivity contribution in [1.82, 2.24) is 4.72 Å². The second-order valence-corrected chi connectivity index (χ2v) is 7.06. The summed E-state index contributed by atoms with van der Waals surface area (Å²) in [4.78, 5) is 11.6. The van der Waals surface area contributed by atoms with Gasteiger partial charge in [-0.2, -0.15) is 0 Å². The Morgan fingerprint density at radius 2 is 2.18 bits per heavy atom. The lowest BCUT2D eigenvalue weighted by Crippen LogP contribution is -2.31. The summed E-state index contributed by atoms with van der Waals surface area (Å²) in [5.41, 5.74) is 0.377. The smallest absolute Gasteiger partial charge is 0.240 e. The fourth-order valence-electron chi connectivity index (χ4n) is 2.46. The minimum absolute atomic E-state index is 0.0707. The normalized spacial score (nSPS) is 21.6. The summed E-state index contributed by atoms with van der Waals surface area (Å²) in [6.07, 6.45) is 1.98. The fraction of sp³-hybridized carbons (Fsp3) is 0.500. The van der Waals surface area contributed by atoms with Gasteiger partial charge in [0.05, 0.1) is 29.7 Å². The summed E-state index contributed by atoms with van der Waals surface area (Å²) in [6, 6.07) is 4.44. The van der Waals surface area contributed by atoms with Crippen LogP contribution in [0.3, 0.4) is 0 Å². The molecule has 0 saturated carbocycles. The van der Waals surface area contributed by atoms with Gasteiger partial charge in [-0.3, -0.25) is 4.79 Å². The monoisotopic (exact) mass is 326 g/mol. The number of carbonyl (C=O) groups is 1. The highest BCUT2D eigenvalue weighted by Gasteiger charge is 2.22. The Kier molecular flexibility index (Phi) is 4.32. The highest BCUT2D eigenvalue weighted by atomic mass is 32.2. The number of ether oxygens (including phenoxy) is 2. The van der Waals surface area contributed by atoms with E-state index in [-0.39, 0.29) is 36.5 Å². The molecule has 1 aromatic carbocycles. The van der Waals surface area contributed by atoms with Gasteiger partial charge in [-0.15, -0.1) is 0 Å². The van der Waals surface area contributed by atoms with Gasteiger partial charge in [0.1, 0.15) is 5.75 Å². The number of benzene rings is 1. The zero-order chi connectivity index (χ0) is 15.6. The van der Waals surface area contributed by atoms with Gasteiger partial charge in [0.15, 0.2) is 0 Å². The van der Waals surface area contributed by atoms with Crippen molar-refractivity contribution in [1.29, 1.82) is 0 Å². The summed E-state index contributed by atoms with van der Waals surface area (Å²) in [7, 11) is -3.65. The Hall–Kier alpha value is -1.64. The topological polar surface area (TPSA) is 93.7 Å². The average molecular weight is 326 g/mol. The molecule has 1 fully saturated rings. The highest BCUT2D eigenvalue weighted by molar-refractivity contribution is 7.89. The van der Waals surface area contributed by atoms with Crippen LogP contribution in [0.4, 0.5) is 5.69 Å². The lowest BCUT2D eigenvalue weighted by Gasteiger charge is -2.13. The molecule has 1 saturated heterocycles. The van der Waals surface area contributed by atoms with E-state index in [1.165, 1.54) is 12.1 Å². The molecule has 3 rings (SSSR count). The summed E-state index contributed by atoms with van der Waals surface area (Å²) >= 11 is 0. The molecule has 120 valence electrons. The van der Waals surface area contributed by atoms with E-state index in [0.717, 1.165) is 12.8 Å². The van der Waals surface area contributed by atoms with Crippen LogP contribution in [-0.2, 0) is 19.6 Å². The van der Waals surface area contributed by atoms with Gasteiger partial charge in [0, 0.05) is 13.2 Å². The van der Waals surface area contributed by atoms with Gasteiger partial charge >= 0.3 is 0 Å². The number of rotatable bonds is 4. The van der Waals surface area contributed by atoms with Crippen LogP contribution >= 0.6 is 0 Å². The minimum Gasteiger partial charge on any atom is -0.491 e. The molecule has 1 amide bonds. The molecule has 0 radical (unpaired) electrons. The minimum atomic E-state index is -3.65. The molecule has 7 nitrogen and oxygen atoms in total. The van der Waals surface area contributed by atoms with Crippen LogP contribution in [0.15, 0.2) is 23.1 Å². The second kappa shape index (κ2) is 6.23. The van der Waals surface area contributed by atoms with Crippen LogP contribution in [0.5, 0.6) is 5.75 Å². The molecule has 8 heteroatoms. The molecule has 2 N–H and O–H groups in total. The SMILES string of the molecule is O=C1CCOc2ccc(S(=O)(=O)NCC3CCCO3)cc2N1. The molecule has 1 unspecified atom stereocenters. The van der Waals surface area contributed by atoms with Gasteiger partial charge in [-0.25, -0.2) is 13.1 Å². The van der Waals surface area contributed by atoms with Gasteiger partial charge in [-0.05, 0) is 31.0 Å². The van der Waals surface area contributed by atoms with E-state index in [1.54, 1.807) is 6.07 Å². The van der Waals surface area contributed by atoms with Crippen molar-refractivity contribution in [2.75, 3.05) is 25.1 Å². The number of carbonyl (C=O) groups excluding carboxylic acids is 1. The highest BCUT2D eigenvalue weighted by Crippen LogP contribution is 2.29. The van der Waals surface area contributed by atoms with Gasteiger partial charge in [0.2, 0.25) is 15.9 Å². The van der Waals surface area contributed by atoms with E-state index in [1.807, 2.05) is 0 Å². The van der Waals surface area contributed by atoms with Gasteiger partial charge in [-0.1, -0.05) is 0 Å². The Morgan fingerprint density at radius 3 is 2.95 bits per heavy atom. The first-order valence-corrected chi connectivity index (χ1v) is 8.71. The number of hydrogen-bond donors (Lipinski definition) is 2. The average Bonchev–Trinajstić information content (AvgIpc) is 2.93. The first-order chi connectivity index (χ1) is 10.5. The zero-order valence-corrected chi connectivity index (χ0v) is 12.8. The molecule has 22 heavy (non-hydrogen) atoms. The number of hydrogen-bond acceptors (Lipinski definition) is 5. The van der Waals surface area contributed by atoms with Crippen LogP contribution in [0, 0.1) is 0 Å². The standard InChI is InChI=1S/C14H18N2O5S/c17-14-5-7-21-13-4-3-11(8-12(13)16-14)22(18,19)15-9-10-2-1-6-20-10/h3-4,8,10,15H,1-2,5-7,9H2,(H,16,17). The molecule has 2 aliphatic rings. The molecule has 0 aliphatic carbocycles. The van der Waals surface area contributed by atoms with E-state index in [0.29, 0.717) is 18.0 Å². The fourth-order valence-corrected chi connectivity index (χ4v) is 3.55. The quantitative estimate of drug-likeness (QED) is 0.856. The maximum atomic E-state index is 12.3. The Labute approximate surface area is 129 Å². The van der Waals surface area contributed by atoms with Crippen LogP contribution in [0.2, 0.25) is 0 Å². The second-order valence-electron chi connectivity index (χ2n) is 5.29. The van der Waals surface area contributed by atoms with Crippen molar-refractivity contribution in [2.24, 2.45) is 0 Å². The number of amides is 1. The molecular weight excluding hydrogens is 308 g/mol. The Balaban J connectivity index is 1.77. The van der Waals surface area contributed by atoms with Crippen molar-refractivity contribution in [2.45, 2.75) is 30.3 Å². The first-order valence-electron chi connectivity index (χ1n) is 7.22. The summed E-state index contributed by atoms with van der Waals surface area (Å²) in [5, 5.41) is 2.65. The number of fused-ring (bicyclic) bond motifs is 1. The van der Waals surface area contributed by atoms with E-state index in [9.17, 15) is 13.2 Å². The number of nitrogens with one attached hydrogen (secondary N) is 2. The predicted octanol–water partition coefficient (Wildman–Crippen LogP) is 0.865. The van der Waals surface area contributed by atoms with E-state index >= 15 is 0 Å². The first kappa shape index (κ1) is 15.3. The molecule has 0 spiro atoms. The lowest BCUT2D eigenvalue weighted by molar-refractivity contribution is -0.116. The molecule has 0 aromatic heterocycles. The van der Waals surface area contributed by atoms with Crippen LogP contribution in [0.1, 0.15) is 19.3 Å². The van der Waals surface area contributed by atoms with Crippen LogP contribution < -0.4 is 14.8 Å². The Morgan fingerprint density at radius 1 is 1.32 bits per heavy atom. The third-order valence-corrected chi connectivity index (χ3v) is 5.07. The maximum Gasteiger partial charge on any atom is 0.240 e. The summed E-state index contributed by atoms with van der Waals surface area (Å²) in [5.74, 6) is 0.282. The van der Waals surface area contributed by atoms with Crippen molar-refractivity contribution >= 4 is 21.6 Å². The van der Waals surface area contributed by atoms with E-state index in [2.05, 4.69) is 10.0 Å². The van der Waals surface area contributed by atoms with Gasteiger partial charge in [0.25, 0.3) is 0 Å². The molecule has 2 aliphatic heterocycles. The lowest BCUT2D eigenvalue weighted by atomic mass is 10.2. The van der Waals surface area contributed by atoms with E-state index < -0.39 is 10.0 Å². The van der Waals surface area contributed by atoms with Crippen molar-refractivity contribution in [3.8, 4) is 5.75 Å². The molecular formula is C14H18N2O5S. The third-order valence-electron chi connectivity index (χ3n) is 3.65. The molecule has 1 atom stereocenters. The molecule has 0 bridgehead atoms. The van der Waals surface area contributed by atoms with Crippen molar-refractivity contribution < 1.29 is 22.7 Å². The molecule has 2 heterocycles. The van der Waals surface area contributed by atoms with Crippen molar-refractivity contribution in [3.63, 3.8) is 0 Å². The zero-order valence-electron chi connectivity index (χ0n) is 12.0. The third kappa shape index (κ3) is 3.40. The maximum absolute atomic E-state index is 12.3. The van der Waals surface area contributed by atoms with Crippen LogP contribution in [0.25, 0.3) is 0 Å². The van der Waals surface area contributed by atoms with Gasteiger partial charge < -0.3 is 14.8 Å². The summed E-state index contributed by atoms with van der Waals surface area (Å²) in [6.45, 7) is 1.21. The van der Waals surface area contributed by atoms with E-state index in [4.69, 9.17) is 9.47 Å². The largest absolute Gasteiger partial charge is 0.491 e. The number of anilines is 1. The summed E-state index contributed by atoms with van der Waals surface area (Å²) < 4.78 is 38.0. The molecule has 1 aromatic rings.